The first-order valence-corrected chi connectivity index (χ1v) is 7.82. The van der Waals surface area contributed by atoms with E-state index in [9.17, 15) is 8.78 Å². The molecule has 0 unspecified atom stereocenters. The van der Waals surface area contributed by atoms with Crippen LogP contribution in [-0.4, -0.2) is 0 Å². The van der Waals surface area contributed by atoms with Crippen LogP contribution >= 0.6 is 0 Å². The minimum absolute atomic E-state index is 0.137. The molecule has 2 fully saturated rings. The lowest BCUT2D eigenvalue weighted by atomic mass is 9.73. The third kappa shape index (κ3) is 4.74. The van der Waals surface area contributed by atoms with Crippen molar-refractivity contribution in [3.63, 3.8) is 0 Å². The van der Waals surface area contributed by atoms with Crippen molar-refractivity contribution >= 4 is 0 Å². The zero-order valence-corrected chi connectivity index (χ0v) is 11.8. The summed E-state index contributed by atoms with van der Waals surface area (Å²) in [5.41, 5.74) is 0. The van der Waals surface area contributed by atoms with E-state index < -0.39 is 6.08 Å². The zero-order valence-electron chi connectivity index (χ0n) is 11.8. The van der Waals surface area contributed by atoms with Gasteiger partial charge >= 0.3 is 0 Å². The van der Waals surface area contributed by atoms with E-state index >= 15 is 0 Å². The van der Waals surface area contributed by atoms with Gasteiger partial charge in [-0.1, -0.05) is 6.08 Å². The molecule has 2 saturated carbocycles. The van der Waals surface area contributed by atoms with Gasteiger partial charge in [-0.3, -0.25) is 0 Å². The molecule has 0 aromatic carbocycles. The van der Waals surface area contributed by atoms with Gasteiger partial charge in [0.15, 0.2) is 0 Å². The predicted molar refractivity (Wildman–Crippen MR) is 76.0 cm³/mol. The lowest BCUT2D eigenvalue weighted by molar-refractivity contribution is 0.212. The van der Waals surface area contributed by atoms with Gasteiger partial charge in [0.1, 0.15) is 0 Å². The molecular weight excluding hydrogens is 242 g/mol. The van der Waals surface area contributed by atoms with Crippen molar-refractivity contribution in [3.8, 4) is 0 Å². The summed E-state index contributed by atoms with van der Waals surface area (Å²) in [7, 11) is 0. The molecule has 2 heteroatoms. The van der Waals surface area contributed by atoms with Crippen molar-refractivity contribution in [2.75, 3.05) is 0 Å². The third-order valence-corrected chi connectivity index (χ3v) is 5.14. The minimum Gasteiger partial charge on any atom is -0.174 e. The molecular formula is C17H26F2. The molecule has 0 amide bonds. The normalized spacial score (nSPS) is 35.7. The van der Waals surface area contributed by atoms with Gasteiger partial charge in [0, 0.05) is 0 Å². The van der Waals surface area contributed by atoms with Crippen molar-refractivity contribution in [2.45, 2.75) is 57.8 Å². The predicted octanol–water partition coefficient (Wildman–Crippen LogP) is 5.96. The van der Waals surface area contributed by atoms with E-state index in [1.54, 1.807) is 0 Å². The number of hydrogen-bond acceptors (Lipinski definition) is 0. The van der Waals surface area contributed by atoms with Crippen LogP contribution in [0.1, 0.15) is 57.8 Å². The van der Waals surface area contributed by atoms with Gasteiger partial charge in [0.2, 0.25) is 0 Å². The van der Waals surface area contributed by atoms with Crippen LogP contribution in [0.25, 0.3) is 0 Å². The first kappa shape index (κ1) is 14.7. The maximum atomic E-state index is 12.2. The van der Waals surface area contributed by atoms with Gasteiger partial charge in [0.05, 0.1) is 0 Å². The van der Waals surface area contributed by atoms with Gasteiger partial charge < -0.3 is 0 Å². The van der Waals surface area contributed by atoms with Crippen LogP contribution in [0.4, 0.5) is 8.78 Å². The first-order chi connectivity index (χ1) is 9.17. The smallest absolute Gasteiger partial charge is 0.174 e. The highest BCUT2D eigenvalue weighted by Crippen LogP contribution is 2.39. The highest BCUT2D eigenvalue weighted by molar-refractivity contribution is 4.91. The Balaban J connectivity index is 1.68. The highest BCUT2D eigenvalue weighted by atomic mass is 19.3. The Bertz CT molecular complexity index is 301. The van der Waals surface area contributed by atoms with E-state index in [0.717, 1.165) is 43.4 Å². The standard InChI is InChI=1S/C17H26F2/c1-2-13-3-5-14(6-4-13)11-15-7-9-16(10-8-15)12-17(18)19/h2,12-16H,1,3-11H2. The molecule has 0 N–H and O–H groups in total. The maximum absolute atomic E-state index is 12.2. The van der Waals surface area contributed by atoms with Crippen molar-refractivity contribution in [2.24, 2.45) is 23.7 Å². The topological polar surface area (TPSA) is 0 Å². The Kier molecular flexibility index (Phi) is 5.59. The second kappa shape index (κ2) is 7.21. The molecule has 0 radical (unpaired) electrons. The first-order valence-electron chi connectivity index (χ1n) is 7.82. The quantitative estimate of drug-likeness (QED) is 0.552. The summed E-state index contributed by atoms with van der Waals surface area (Å²) in [5.74, 6) is 2.55. The summed E-state index contributed by atoms with van der Waals surface area (Å²) in [6.07, 6.45) is 12.6. The second-order valence-corrected chi connectivity index (χ2v) is 6.49. The monoisotopic (exact) mass is 268 g/mol. The van der Waals surface area contributed by atoms with Crippen LogP contribution in [0, 0.1) is 23.7 Å². The van der Waals surface area contributed by atoms with E-state index in [4.69, 9.17) is 0 Å². The Hall–Kier alpha value is -0.660. The van der Waals surface area contributed by atoms with E-state index in [1.165, 1.54) is 38.2 Å². The summed E-state index contributed by atoms with van der Waals surface area (Å²) in [5, 5.41) is 0. The fourth-order valence-electron chi connectivity index (χ4n) is 3.90. The zero-order chi connectivity index (χ0) is 13.7. The van der Waals surface area contributed by atoms with Crippen LogP contribution in [0.2, 0.25) is 0 Å². The largest absolute Gasteiger partial charge is 0.266 e. The van der Waals surface area contributed by atoms with E-state index in [2.05, 4.69) is 12.7 Å². The van der Waals surface area contributed by atoms with Crippen LogP contribution in [0.15, 0.2) is 24.8 Å². The van der Waals surface area contributed by atoms with Gasteiger partial charge in [-0.15, -0.1) is 6.58 Å². The molecule has 0 aromatic rings. The molecule has 0 aromatic heterocycles. The molecule has 2 aliphatic rings. The molecule has 0 aliphatic heterocycles. The van der Waals surface area contributed by atoms with Crippen molar-refractivity contribution in [1.29, 1.82) is 0 Å². The van der Waals surface area contributed by atoms with Gasteiger partial charge in [-0.05, 0) is 87.5 Å². The SMILES string of the molecule is C=CC1CCC(CC2CCC(C=C(F)F)CC2)CC1. The van der Waals surface area contributed by atoms with Crippen molar-refractivity contribution < 1.29 is 8.78 Å². The minimum atomic E-state index is -1.49. The van der Waals surface area contributed by atoms with Crippen molar-refractivity contribution in [1.82, 2.24) is 0 Å². The summed E-state index contributed by atoms with van der Waals surface area (Å²) in [4.78, 5) is 0. The van der Waals surface area contributed by atoms with Crippen LogP contribution in [0.5, 0.6) is 0 Å². The van der Waals surface area contributed by atoms with Crippen LogP contribution in [-0.2, 0) is 0 Å². The summed E-state index contributed by atoms with van der Waals surface area (Å²) in [6.45, 7) is 3.89. The van der Waals surface area contributed by atoms with E-state index in [0.29, 0.717) is 0 Å². The van der Waals surface area contributed by atoms with Gasteiger partial charge in [-0.25, -0.2) is 0 Å². The Morgan fingerprint density at radius 1 is 0.842 bits per heavy atom. The summed E-state index contributed by atoms with van der Waals surface area (Å²) < 4.78 is 24.4. The molecule has 0 nitrogen and oxygen atoms in total. The molecule has 19 heavy (non-hydrogen) atoms. The fourth-order valence-corrected chi connectivity index (χ4v) is 3.90. The highest BCUT2D eigenvalue weighted by Gasteiger charge is 2.25. The fraction of sp³-hybridized carbons (Fsp3) is 0.765. The molecule has 2 rings (SSSR count). The maximum Gasteiger partial charge on any atom is 0.266 e. The van der Waals surface area contributed by atoms with Crippen LogP contribution in [0.3, 0.4) is 0 Å². The number of hydrogen-bond donors (Lipinski definition) is 0. The molecule has 0 atom stereocenters. The molecule has 2 aliphatic carbocycles. The van der Waals surface area contributed by atoms with Gasteiger partial charge in [-0.2, -0.15) is 8.78 Å². The Morgan fingerprint density at radius 3 is 1.74 bits per heavy atom. The van der Waals surface area contributed by atoms with E-state index in [-0.39, 0.29) is 5.92 Å². The average Bonchev–Trinajstić information content (AvgIpc) is 2.41. The lowest BCUT2D eigenvalue weighted by Crippen LogP contribution is -2.20. The molecule has 0 heterocycles. The summed E-state index contributed by atoms with van der Waals surface area (Å²) in [6, 6.07) is 0. The number of halogens is 2. The lowest BCUT2D eigenvalue weighted by Gasteiger charge is -2.32. The molecule has 0 bridgehead atoms. The Labute approximate surface area is 116 Å². The van der Waals surface area contributed by atoms with Crippen molar-refractivity contribution in [3.05, 3.63) is 24.8 Å². The average molecular weight is 268 g/mol. The molecule has 0 saturated heterocycles. The molecule has 0 spiro atoms. The second-order valence-electron chi connectivity index (χ2n) is 6.49. The Morgan fingerprint density at radius 2 is 1.32 bits per heavy atom. The van der Waals surface area contributed by atoms with Crippen LogP contribution < -0.4 is 0 Å². The third-order valence-electron chi connectivity index (χ3n) is 5.14. The molecule has 108 valence electrons. The summed E-state index contributed by atoms with van der Waals surface area (Å²) >= 11 is 0. The number of rotatable bonds is 4. The van der Waals surface area contributed by atoms with Gasteiger partial charge in [0.25, 0.3) is 6.08 Å². The van der Waals surface area contributed by atoms with E-state index in [1.807, 2.05) is 0 Å². The number of allylic oxidation sites excluding steroid dienone is 2.